The highest BCUT2D eigenvalue weighted by atomic mass is 32.1. The average Bonchev–Trinajstić information content (AvgIpc) is 2.97. The predicted molar refractivity (Wildman–Crippen MR) is 93.5 cm³/mol. The molecule has 1 N–H and O–H groups in total. The second-order valence-electron chi connectivity index (χ2n) is 5.58. The fourth-order valence-corrected chi connectivity index (χ4v) is 3.47. The maximum absolute atomic E-state index is 10.4. The van der Waals surface area contributed by atoms with E-state index >= 15 is 0 Å². The van der Waals surface area contributed by atoms with Gasteiger partial charge in [-0.3, -0.25) is 0 Å². The van der Waals surface area contributed by atoms with E-state index < -0.39 is 0 Å². The molecule has 3 rings (SSSR count). The molecule has 0 fully saturated rings. The molecule has 112 valence electrons. The smallest absolute Gasteiger partial charge is 0.124 e. The molecule has 2 aromatic carbocycles. The maximum atomic E-state index is 10.4. The lowest BCUT2D eigenvalue weighted by atomic mass is 9.97. The molecular formula is C19H19NOS. The zero-order valence-electron chi connectivity index (χ0n) is 13.1. The van der Waals surface area contributed by atoms with E-state index in [0.717, 1.165) is 33.6 Å². The maximum Gasteiger partial charge on any atom is 0.124 e. The van der Waals surface area contributed by atoms with Crippen molar-refractivity contribution < 1.29 is 5.11 Å². The molecule has 1 aromatic heterocycles. The van der Waals surface area contributed by atoms with Gasteiger partial charge in [-0.25, -0.2) is 0 Å². The number of aromatic nitrogens is 1. The Labute approximate surface area is 135 Å². The van der Waals surface area contributed by atoms with Gasteiger partial charge in [-0.15, -0.1) is 0 Å². The molecule has 0 aliphatic rings. The summed E-state index contributed by atoms with van der Waals surface area (Å²) in [6.07, 6.45) is 2.84. The van der Waals surface area contributed by atoms with E-state index in [4.69, 9.17) is 0 Å². The third kappa shape index (κ3) is 2.64. The predicted octanol–water partition coefficient (Wildman–Crippen LogP) is 5.36. The van der Waals surface area contributed by atoms with Gasteiger partial charge in [0, 0.05) is 17.3 Å². The Kier molecular flexibility index (Phi) is 3.99. The van der Waals surface area contributed by atoms with E-state index in [9.17, 15) is 5.11 Å². The van der Waals surface area contributed by atoms with Gasteiger partial charge in [0.1, 0.15) is 5.75 Å². The number of hydrogen-bond donors (Lipinski definition) is 1. The van der Waals surface area contributed by atoms with Crippen LogP contribution >= 0.6 is 11.5 Å². The van der Waals surface area contributed by atoms with Gasteiger partial charge in [-0.1, -0.05) is 36.8 Å². The van der Waals surface area contributed by atoms with Gasteiger partial charge < -0.3 is 5.11 Å². The first-order chi connectivity index (χ1) is 10.6. The van der Waals surface area contributed by atoms with E-state index in [1.807, 2.05) is 19.2 Å². The summed E-state index contributed by atoms with van der Waals surface area (Å²) in [5.74, 6) is 0.326. The molecule has 0 aliphatic carbocycles. The van der Waals surface area contributed by atoms with Crippen LogP contribution in [0.15, 0.2) is 42.6 Å². The number of benzene rings is 2. The van der Waals surface area contributed by atoms with Crippen molar-refractivity contribution in [2.45, 2.75) is 27.2 Å². The van der Waals surface area contributed by atoms with Crippen molar-refractivity contribution in [3.8, 4) is 27.3 Å². The third-order valence-corrected chi connectivity index (χ3v) is 4.85. The highest BCUT2D eigenvalue weighted by Gasteiger charge is 2.15. The number of rotatable bonds is 3. The summed E-state index contributed by atoms with van der Waals surface area (Å²) in [5.41, 5.74) is 6.71. The van der Waals surface area contributed by atoms with Crippen LogP contribution in [0.1, 0.15) is 23.6 Å². The Morgan fingerprint density at radius 1 is 1.05 bits per heavy atom. The summed E-state index contributed by atoms with van der Waals surface area (Å²) in [5, 5.41) is 10.4. The average molecular weight is 309 g/mol. The zero-order chi connectivity index (χ0) is 15.7. The Morgan fingerprint density at radius 2 is 1.77 bits per heavy atom. The standard InChI is InChI=1S/C19H19NOS/c1-4-14-10-16(18(21)9-13(14)3)19-17(11-20-22-19)15-7-5-12(2)6-8-15/h5-11,21H,4H2,1-3H3. The molecule has 1 heterocycles. The van der Waals surface area contributed by atoms with Crippen molar-refractivity contribution in [1.29, 1.82) is 0 Å². The number of nitrogens with zero attached hydrogens (tertiary/aromatic N) is 1. The number of aromatic hydroxyl groups is 1. The van der Waals surface area contributed by atoms with Gasteiger partial charge in [0.15, 0.2) is 0 Å². The topological polar surface area (TPSA) is 33.1 Å². The molecular weight excluding hydrogens is 290 g/mol. The minimum absolute atomic E-state index is 0.326. The van der Waals surface area contributed by atoms with Crippen molar-refractivity contribution in [3.63, 3.8) is 0 Å². The fourth-order valence-electron chi connectivity index (χ4n) is 2.67. The highest BCUT2D eigenvalue weighted by Crippen LogP contribution is 2.40. The molecule has 0 spiro atoms. The summed E-state index contributed by atoms with van der Waals surface area (Å²) >= 11 is 1.43. The number of phenolic OH excluding ortho intramolecular Hbond substituents is 1. The first-order valence-corrected chi connectivity index (χ1v) is 8.22. The van der Waals surface area contributed by atoms with Gasteiger partial charge >= 0.3 is 0 Å². The van der Waals surface area contributed by atoms with Crippen molar-refractivity contribution in [2.75, 3.05) is 0 Å². The molecule has 2 nitrogen and oxygen atoms in total. The Morgan fingerprint density at radius 3 is 2.45 bits per heavy atom. The number of hydrogen-bond acceptors (Lipinski definition) is 3. The third-order valence-electron chi connectivity index (χ3n) is 4.01. The SMILES string of the molecule is CCc1cc(-c2sncc2-c2ccc(C)cc2)c(O)cc1C. The summed E-state index contributed by atoms with van der Waals surface area (Å²) < 4.78 is 4.35. The van der Waals surface area contributed by atoms with Gasteiger partial charge in [0.2, 0.25) is 0 Å². The van der Waals surface area contributed by atoms with Crippen LogP contribution in [0.4, 0.5) is 0 Å². The molecule has 0 amide bonds. The quantitative estimate of drug-likeness (QED) is 0.706. The van der Waals surface area contributed by atoms with Crippen LogP contribution in [0.25, 0.3) is 21.6 Å². The van der Waals surface area contributed by atoms with Crippen molar-refractivity contribution >= 4 is 11.5 Å². The normalized spacial score (nSPS) is 10.9. The summed E-state index contributed by atoms with van der Waals surface area (Å²) in [6.45, 7) is 6.25. The van der Waals surface area contributed by atoms with Gasteiger partial charge in [0.05, 0.1) is 4.88 Å². The summed E-state index contributed by atoms with van der Waals surface area (Å²) in [7, 11) is 0. The minimum Gasteiger partial charge on any atom is -0.507 e. The molecule has 22 heavy (non-hydrogen) atoms. The van der Waals surface area contributed by atoms with Gasteiger partial charge in [0.25, 0.3) is 0 Å². The molecule has 0 bridgehead atoms. The van der Waals surface area contributed by atoms with Crippen LogP contribution in [0, 0.1) is 13.8 Å². The van der Waals surface area contributed by atoms with Crippen molar-refractivity contribution in [3.05, 3.63) is 59.3 Å². The largest absolute Gasteiger partial charge is 0.507 e. The first-order valence-electron chi connectivity index (χ1n) is 7.44. The second-order valence-corrected chi connectivity index (χ2v) is 6.39. The van der Waals surface area contributed by atoms with E-state index in [-0.39, 0.29) is 0 Å². The molecule has 0 radical (unpaired) electrons. The highest BCUT2D eigenvalue weighted by molar-refractivity contribution is 7.10. The fraction of sp³-hybridized carbons (Fsp3) is 0.211. The second kappa shape index (κ2) is 5.93. The first kappa shape index (κ1) is 14.8. The Bertz CT molecular complexity index is 803. The van der Waals surface area contributed by atoms with Crippen molar-refractivity contribution in [2.24, 2.45) is 0 Å². The van der Waals surface area contributed by atoms with E-state index in [0.29, 0.717) is 5.75 Å². The van der Waals surface area contributed by atoms with Crippen LogP contribution in [0.3, 0.4) is 0 Å². The van der Waals surface area contributed by atoms with E-state index in [2.05, 4.69) is 48.6 Å². The van der Waals surface area contributed by atoms with E-state index in [1.54, 1.807) is 0 Å². The van der Waals surface area contributed by atoms with Crippen molar-refractivity contribution in [1.82, 2.24) is 4.37 Å². The van der Waals surface area contributed by atoms with Crippen LogP contribution in [-0.4, -0.2) is 9.48 Å². The summed E-state index contributed by atoms with van der Waals surface area (Å²) in [4.78, 5) is 1.02. The van der Waals surface area contributed by atoms with Crippen LogP contribution in [0.5, 0.6) is 5.75 Å². The number of aryl methyl sites for hydroxylation is 3. The molecule has 3 heteroatoms. The van der Waals surface area contributed by atoms with Crippen LogP contribution < -0.4 is 0 Å². The molecule has 0 saturated heterocycles. The van der Waals surface area contributed by atoms with Gasteiger partial charge in [-0.2, -0.15) is 4.37 Å². The Balaban J connectivity index is 2.15. The molecule has 3 aromatic rings. The molecule has 0 saturated carbocycles. The van der Waals surface area contributed by atoms with E-state index in [1.165, 1.54) is 22.7 Å². The zero-order valence-corrected chi connectivity index (χ0v) is 13.9. The monoisotopic (exact) mass is 309 g/mol. The van der Waals surface area contributed by atoms with Crippen LogP contribution in [-0.2, 0) is 6.42 Å². The molecule has 0 atom stereocenters. The molecule has 0 unspecified atom stereocenters. The Hall–Kier alpha value is -2.13. The van der Waals surface area contributed by atoms with Gasteiger partial charge in [-0.05, 0) is 60.6 Å². The van der Waals surface area contributed by atoms with Crippen LogP contribution in [0.2, 0.25) is 0 Å². The lowest BCUT2D eigenvalue weighted by molar-refractivity contribution is 0.477. The lowest BCUT2D eigenvalue weighted by Crippen LogP contribution is -1.89. The lowest BCUT2D eigenvalue weighted by Gasteiger charge is -2.10. The minimum atomic E-state index is 0.326. The summed E-state index contributed by atoms with van der Waals surface area (Å²) in [6, 6.07) is 12.4. The number of phenols is 1. The molecule has 0 aliphatic heterocycles.